The van der Waals surface area contributed by atoms with Gasteiger partial charge in [0, 0.05) is 6.21 Å². The largest absolute Gasteiger partial charge is 0.250 e. The monoisotopic (exact) mass is 301 g/mol. The average Bonchev–Trinajstić information content (AvgIpc) is 2.45. The van der Waals surface area contributed by atoms with Crippen LogP contribution in [0.5, 0.6) is 0 Å². The van der Waals surface area contributed by atoms with Crippen LogP contribution in [0.4, 0.5) is 23.2 Å². The van der Waals surface area contributed by atoms with Crippen LogP contribution in [0, 0.1) is 30.2 Å². The van der Waals surface area contributed by atoms with Crippen molar-refractivity contribution < 1.29 is 17.6 Å². The maximum atomic E-state index is 13.5. The summed E-state index contributed by atoms with van der Waals surface area (Å²) in [5, 5.41) is -1.23. The van der Waals surface area contributed by atoms with Gasteiger partial charge in [-0.3, -0.25) is 0 Å². The van der Waals surface area contributed by atoms with Crippen molar-refractivity contribution in [1.29, 1.82) is 0 Å². The molecule has 0 saturated heterocycles. The highest BCUT2D eigenvalue weighted by atomic mass is 35.5. The Bertz CT molecular complexity index is 652. The van der Waals surface area contributed by atoms with Gasteiger partial charge >= 0.3 is 0 Å². The smallest absolute Gasteiger partial charge is 0.189 e. The van der Waals surface area contributed by atoms with Gasteiger partial charge in [0.2, 0.25) is 0 Å². The lowest BCUT2D eigenvalue weighted by atomic mass is 10.2. The van der Waals surface area contributed by atoms with Crippen molar-refractivity contribution in [1.82, 2.24) is 0 Å². The van der Waals surface area contributed by atoms with E-state index in [1.165, 1.54) is 0 Å². The number of hydrogen-bond donors (Lipinski definition) is 0. The molecule has 0 heterocycles. The number of aryl methyl sites for hydroxylation is 1. The molecule has 0 amide bonds. The Morgan fingerprint density at radius 2 is 1.40 bits per heavy atom. The van der Waals surface area contributed by atoms with Crippen molar-refractivity contribution in [3.8, 4) is 0 Å². The van der Waals surface area contributed by atoms with E-state index in [2.05, 4.69) is 4.99 Å². The second kappa shape index (κ2) is 5.63. The number of benzene rings is 2. The molecule has 20 heavy (non-hydrogen) atoms. The maximum absolute atomic E-state index is 13.5. The molecule has 0 fully saturated rings. The molecule has 0 aliphatic heterocycles. The normalized spacial score (nSPS) is 11.3. The summed E-state index contributed by atoms with van der Waals surface area (Å²) in [6, 6.07) is 6.82. The molecule has 1 nitrogen and oxygen atoms in total. The van der Waals surface area contributed by atoms with Crippen molar-refractivity contribution in [3.05, 3.63) is 63.7 Å². The highest BCUT2D eigenvalue weighted by Gasteiger charge is 2.23. The minimum absolute atomic E-state index is 0.533. The predicted molar refractivity (Wildman–Crippen MR) is 69.7 cm³/mol. The summed E-state index contributed by atoms with van der Waals surface area (Å²) in [6.45, 7) is 1.87. The number of aliphatic imine (C=N–C) groups is 1. The second-order valence-corrected chi connectivity index (χ2v) is 4.47. The Morgan fingerprint density at radius 3 is 1.90 bits per heavy atom. The summed E-state index contributed by atoms with van der Waals surface area (Å²) in [4.78, 5) is 3.45. The van der Waals surface area contributed by atoms with E-state index >= 15 is 0 Å². The minimum Gasteiger partial charge on any atom is -0.250 e. The van der Waals surface area contributed by atoms with E-state index in [-0.39, 0.29) is 0 Å². The van der Waals surface area contributed by atoms with Crippen molar-refractivity contribution in [2.45, 2.75) is 6.92 Å². The molecule has 0 N–H and O–H groups in total. The van der Waals surface area contributed by atoms with Crippen LogP contribution < -0.4 is 0 Å². The Labute approximate surface area is 117 Å². The SMILES string of the molecule is Cc1ccc(C=Nc2c(F)c(F)c(Cl)c(F)c2F)cc1. The molecule has 0 unspecified atom stereocenters. The van der Waals surface area contributed by atoms with Crippen LogP contribution in [0.1, 0.15) is 11.1 Å². The Kier molecular flexibility index (Phi) is 4.09. The first-order chi connectivity index (χ1) is 9.41. The van der Waals surface area contributed by atoms with Gasteiger partial charge in [-0.15, -0.1) is 0 Å². The zero-order valence-electron chi connectivity index (χ0n) is 10.2. The highest BCUT2D eigenvalue weighted by Crippen LogP contribution is 2.32. The fourth-order valence-corrected chi connectivity index (χ4v) is 1.66. The molecule has 2 rings (SSSR count). The van der Waals surface area contributed by atoms with Crippen molar-refractivity contribution >= 4 is 23.5 Å². The van der Waals surface area contributed by atoms with Crippen LogP contribution in [0.3, 0.4) is 0 Å². The quantitative estimate of drug-likeness (QED) is 0.322. The van der Waals surface area contributed by atoms with E-state index in [1.807, 2.05) is 6.92 Å². The van der Waals surface area contributed by atoms with E-state index in [0.29, 0.717) is 5.56 Å². The summed E-state index contributed by atoms with van der Waals surface area (Å²) >= 11 is 5.11. The van der Waals surface area contributed by atoms with Crippen LogP contribution in [-0.4, -0.2) is 6.21 Å². The summed E-state index contributed by atoms with van der Waals surface area (Å²) in [5.74, 6) is -6.59. The van der Waals surface area contributed by atoms with Gasteiger partial charge in [0.15, 0.2) is 23.3 Å². The molecule has 0 radical (unpaired) electrons. The maximum Gasteiger partial charge on any atom is 0.189 e. The third-order valence-corrected chi connectivity index (χ3v) is 2.94. The third kappa shape index (κ3) is 2.67. The molecule has 104 valence electrons. The van der Waals surface area contributed by atoms with Gasteiger partial charge in [-0.2, -0.15) is 0 Å². The van der Waals surface area contributed by atoms with Crippen molar-refractivity contribution in [3.63, 3.8) is 0 Å². The van der Waals surface area contributed by atoms with E-state index in [4.69, 9.17) is 11.6 Å². The topological polar surface area (TPSA) is 12.4 Å². The zero-order chi connectivity index (χ0) is 14.9. The van der Waals surface area contributed by atoms with E-state index < -0.39 is 34.0 Å². The molecule has 2 aromatic rings. The molecular weight excluding hydrogens is 294 g/mol. The molecule has 6 heteroatoms. The lowest BCUT2D eigenvalue weighted by molar-refractivity contribution is 0.458. The number of nitrogens with zero attached hydrogens (tertiary/aromatic N) is 1. The second-order valence-electron chi connectivity index (χ2n) is 4.09. The first-order valence-electron chi connectivity index (χ1n) is 5.54. The molecule has 0 bridgehead atoms. The van der Waals surface area contributed by atoms with Gasteiger partial charge < -0.3 is 0 Å². The molecule has 0 aliphatic rings. The fraction of sp³-hybridized carbons (Fsp3) is 0.0714. The van der Waals surface area contributed by atoms with E-state index in [9.17, 15) is 17.6 Å². The Morgan fingerprint density at radius 1 is 0.900 bits per heavy atom. The molecule has 0 aromatic heterocycles. The van der Waals surface area contributed by atoms with E-state index in [1.54, 1.807) is 24.3 Å². The summed E-state index contributed by atoms with van der Waals surface area (Å²) in [7, 11) is 0. The lowest BCUT2D eigenvalue weighted by Gasteiger charge is -2.04. The minimum atomic E-state index is -1.67. The van der Waals surface area contributed by atoms with Crippen LogP contribution >= 0.6 is 11.6 Å². The van der Waals surface area contributed by atoms with E-state index in [0.717, 1.165) is 11.8 Å². The van der Waals surface area contributed by atoms with Gasteiger partial charge in [-0.1, -0.05) is 41.4 Å². The van der Waals surface area contributed by atoms with Gasteiger partial charge in [-0.25, -0.2) is 22.6 Å². The van der Waals surface area contributed by atoms with Gasteiger partial charge in [-0.05, 0) is 12.5 Å². The van der Waals surface area contributed by atoms with Crippen molar-refractivity contribution in [2.75, 3.05) is 0 Å². The summed E-state index contributed by atoms with van der Waals surface area (Å²) < 4.78 is 53.4. The first-order valence-corrected chi connectivity index (χ1v) is 5.91. The van der Waals surface area contributed by atoms with Crippen LogP contribution in [0.25, 0.3) is 0 Å². The molecule has 0 spiro atoms. The molecule has 0 aliphatic carbocycles. The summed E-state index contributed by atoms with van der Waals surface area (Å²) in [5.41, 5.74) is 0.471. The highest BCUT2D eigenvalue weighted by molar-refractivity contribution is 6.31. The average molecular weight is 302 g/mol. The third-order valence-electron chi connectivity index (χ3n) is 2.61. The van der Waals surface area contributed by atoms with Gasteiger partial charge in [0.1, 0.15) is 10.7 Å². The van der Waals surface area contributed by atoms with Crippen LogP contribution in [0.2, 0.25) is 5.02 Å². The number of halogens is 5. The first kappa shape index (κ1) is 14.5. The Balaban J connectivity index is 2.46. The predicted octanol–water partition coefficient (Wildman–Crippen LogP) is 4.96. The fourth-order valence-electron chi connectivity index (χ4n) is 1.50. The van der Waals surface area contributed by atoms with Gasteiger partial charge in [0.25, 0.3) is 0 Å². The molecule has 0 saturated carbocycles. The van der Waals surface area contributed by atoms with Crippen molar-refractivity contribution in [2.24, 2.45) is 4.99 Å². The Hall–Kier alpha value is -1.88. The molecule has 2 aromatic carbocycles. The van der Waals surface area contributed by atoms with Crippen LogP contribution in [-0.2, 0) is 0 Å². The van der Waals surface area contributed by atoms with Gasteiger partial charge in [0.05, 0.1) is 0 Å². The summed E-state index contributed by atoms with van der Waals surface area (Å²) in [6.07, 6.45) is 1.10. The number of rotatable bonds is 2. The molecular formula is C14H8ClF4N. The molecule has 0 atom stereocenters. The van der Waals surface area contributed by atoms with Crippen LogP contribution in [0.15, 0.2) is 29.3 Å². The standard InChI is InChI=1S/C14H8ClF4N/c1-7-2-4-8(5-3-7)6-20-14-12(18)10(16)9(15)11(17)13(14)19/h2-6H,1H3. The number of hydrogen-bond acceptors (Lipinski definition) is 1. The zero-order valence-corrected chi connectivity index (χ0v) is 11.0. The lowest BCUT2D eigenvalue weighted by Crippen LogP contribution is -1.97.